The Bertz CT molecular complexity index is 288. The van der Waals surface area contributed by atoms with Gasteiger partial charge in [0.1, 0.15) is 5.60 Å². The van der Waals surface area contributed by atoms with E-state index >= 15 is 0 Å². The molecule has 0 aromatic carbocycles. The van der Waals surface area contributed by atoms with Gasteiger partial charge in [-0.3, -0.25) is 9.63 Å². The fourth-order valence-electron chi connectivity index (χ4n) is 0.664. The van der Waals surface area contributed by atoms with Crippen LogP contribution >= 0.6 is 0 Å². The van der Waals surface area contributed by atoms with Gasteiger partial charge in [0.15, 0.2) is 0 Å². The van der Waals surface area contributed by atoms with Gasteiger partial charge in [0.25, 0.3) is 0 Å². The molecular weight excluding hydrogens is 212 g/mol. The highest BCUT2D eigenvalue weighted by Crippen LogP contribution is 2.05. The Labute approximate surface area is 94.6 Å². The normalized spacial score (nSPS) is 10.1. The number of ether oxygens (including phenoxy) is 1. The van der Waals surface area contributed by atoms with E-state index in [9.17, 15) is 9.59 Å². The molecule has 0 aromatic heterocycles. The van der Waals surface area contributed by atoms with E-state index in [1.807, 2.05) is 11.4 Å². The molecule has 0 bridgehead atoms. The standard InChI is InChI=1S/C10H16N2O4/c1-5-8(13)12-15-7-6-11-9(14)16-10(2,3)4/h1H,6-7H2,2-4H3,(H,11,14)(H,12,13). The molecule has 0 radical (unpaired) electrons. The second-order valence-corrected chi connectivity index (χ2v) is 3.85. The number of hydrogen-bond acceptors (Lipinski definition) is 4. The fraction of sp³-hybridized carbons (Fsp3) is 0.600. The van der Waals surface area contributed by atoms with Crippen LogP contribution in [-0.2, 0) is 14.4 Å². The molecule has 0 atom stereocenters. The van der Waals surface area contributed by atoms with Crippen LogP contribution in [0, 0.1) is 12.3 Å². The molecule has 2 N–H and O–H groups in total. The molecule has 0 fully saturated rings. The number of carbonyl (C=O) groups excluding carboxylic acids is 2. The number of terminal acetylenes is 1. The first-order chi connectivity index (χ1) is 7.35. The average Bonchev–Trinajstić information content (AvgIpc) is 2.14. The van der Waals surface area contributed by atoms with E-state index < -0.39 is 17.6 Å². The van der Waals surface area contributed by atoms with E-state index in [1.54, 1.807) is 20.8 Å². The molecule has 0 aliphatic carbocycles. The SMILES string of the molecule is C#CC(=O)NOCCNC(=O)OC(C)(C)C. The molecule has 0 aliphatic heterocycles. The number of rotatable bonds is 4. The van der Waals surface area contributed by atoms with Crippen LogP contribution in [0.1, 0.15) is 20.8 Å². The average molecular weight is 228 g/mol. The van der Waals surface area contributed by atoms with Gasteiger partial charge in [-0.1, -0.05) is 0 Å². The van der Waals surface area contributed by atoms with Crippen molar-refractivity contribution in [3.05, 3.63) is 0 Å². The summed E-state index contributed by atoms with van der Waals surface area (Å²) in [5.41, 5.74) is 1.45. The molecule has 0 aliphatic rings. The van der Waals surface area contributed by atoms with Crippen molar-refractivity contribution in [3.8, 4) is 12.3 Å². The molecule has 0 spiro atoms. The maximum absolute atomic E-state index is 11.1. The van der Waals surface area contributed by atoms with Gasteiger partial charge >= 0.3 is 12.0 Å². The fourth-order valence-corrected chi connectivity index (χ4v) is 0.664. The van der Waals surface area contributed by atoms with Gasteiger partial charge < -0.3 is 10.1 Å². The van der Waals surface area contributed by atoms with Gasteiger partial charge in [0, 0.05) is 6.54 Å². The summed E-state index contributed by atoms with van der Waals surface area (Å²) in [6, 6.07) is 0. The van der Waals surface area contributed by atoms with Gasteiger partial charge in [0.05, 0.1) is 6.61 Å². The molecule has 0 saturated carbocycles. The number of carbonyl (C=O) groups is 2. The van der Waals surface area contributed by atoms with Gasteiger partial charge in [0.2, 0.25) is 0 Å². The topological polar surface area (TPSA) is 76.7 Å². The molecule has 0 rings (SSSR count). The number of hydrogen-bond donors (Lipinski definition) is 2. The first-order valence-corrected chi connectivity index (χ1v) is 4.70. The molecule has 0 heterocycles. The molecule has 6 heteroatoms. The molecule has 6 nitrogen and oxygen atoms in total. The molecule has 2 amide bonds. The van der Waals surface area contributed by atoms with Gasteiger partial charge in [-0.2, -0.15) is 0 Å². The number of nitrogens with one attached hydrogen (secondary N) is 2. The van der Waals surface area contributed by atoms with Crippen molar-refractivity contribution < 1.29 is 19.2 Å². The smallest absolute Gasteiger partial charge is 0.407 e. The van der Waals surface area contributed by atoms with E-state index in [1.165, 1.54) is 0 Å². The molecule has 0 aromatic rings. The first-order valence-electron chi connectivity index (χ1n) is 4.70. The van der Waals surface area contributed by atoms with Crippen LogP contribution in [-0.4, -0.2) is 30.8 Å². The highest BCUT2D eigenvalue weighted by molar-refractivity contribution is 5.91. The van der Waals surface area contributed by atoms with Crippen molar-refractivity contribution in [1.29, 1.82) is 0 Å². The van der Waals surface area contributed by atoms with E-state index in [2.05, 4.69) is 10.2 Å². The van der Waals surface area contributed by atoms with Crippen LogP contribution < -0.4 is 10.8 Å². The lowest BCUT2D eigenvalue weighted by Crippen LogP contribution is -2.35. The summed E-state index contributed by atoms with van der Waals surface area (Å²) in [5, 5.41) is 2.44. The zero-order chi connectivity index (χ0) is 12.6. The summed E-state index contributed by atoms with van der Waals surface area (Å²) >= 11 is 0. The van der Waals surface area contributed by atoms with E-state index in [0.29, 0.717) is 0 Å². The number of amides is 2. The first kappa shape index (κ1) is 14.3. The number of hydroxylamine groups is 1. The molecular formula is C10H16N2O4. The van der Waals surface area contributed by atoms with E-state index in [-0.39, 0.29) is 13.2 Å². The van der Waals surface area contributed by atoms with Crippen LogP contribution in [0.15, 0.2) is 0 Å². The summed E-state index contributed by atoms with van der Waals surface area (Å²) in [7, 11) is 0. The zero-order valence-corrected chi connectivity index (χ0v) is 9.62. The number of alkyl carbamates (subject to hydrolysis) is 1. The Kier molecular flexibility index (Phi) is 5.96. The van der Waals surface area contributed by atoms with Crippen LogP contribution in [0.5, 0.6) is 0 Å². The largest absolute Gasteiger partial charge is 0.444 e. The van der Waals surface area contributed by atoms with Gasteiger partial charge in [-0.05, 0) is 26.7 Å². The highest BCUT2D eigenvalue weighted by Gasteiger charge is 2.15. The molecule has 0 saturated heterocycles. The summed E-state index contributed by atoms with van der Waals surface area (Å²) < 4.78 is 4.96. The van der Waals surface area contributed by atoms with Crippen LogP contribution in [0.4, 0.5) is 4.79 Å². The van der Waals surface area contributed by atoms with Gasteiger partial charge in [-0.15, -0.1) is 6.42 Å². The second kappa shape index (κ2) is 6.69. The minimum Gasteiger partial charge on any atom is -0.444 e. The van der Waals surface area contributed by atoms with E-state index in [4.69, 9.17) is 11.2 Å². The monoisotopic (exact) mass is 228 g/mol. The summed E-state index contributed by atoms with van der Waals surface area (Å²) in [5.74, 6) is 1.14. The van der Waals surface area contributed by atoms with Crippen molar-refractivity contribution >= 4 is 12.0 Å². The van der Waals surface area contributed by atoms with Crippen LogP contribution in [0.25, 0.3) is 0 Å². The Hall–Kier alpha value is -1.74. The van der Waals surface area contributed by atoms with Crippen molar-refractivity contribution in [2.45, 2.75) is 26.4 Å². The van der Waals surface area contributed by atoms with Crippen LogP contribution in [0.2, 0.25) is 0 Å². The maximum Gasteiger partial charge on any atom is 0.407 e. The lowest BCUT2D eigenvalue weighted by Gasteiger charge is -2.19. The van der Waals surface area contributed by atoms with Crippen LogP contribution in [0.3, 0.4) is 0 Å². The Morgan fingerprint density at radius 3 is 2.50 bits per heavy atom. The lowest BCUT2D eigenvalue weighted by molar-refractivity contribution is -0.127. The Morgan fingerprint density at radius 1 is 1.38 bits per heavy atom. The lowest BCUT2D eigenvalue weighted by atomic mass is 10.2. The zero-order valence-electron chi connectivity index (χ0n) is 9.62. The molecule has 16 heavy (non-hydrogen) atoms. The molecule has 90 valence electrons. The third-order valence-electron chi connectivity index (χ3n) is 1.17. The quantitative estimate of drug-likeness (QED) is 0.409. The van der Waals surface area contributed by atoms with Crippen molar-refractivity contribution in [1.82, 2.24) is 10.8 Å². The van der Waals surface area contributed by atoms with Gasteiger partial charge in [-0.25, -0.2) is 10.3 Å². The minimum atomic E-state index is -0.669. The second-order valence-electron chi connectivity index (χ2n) is 3.85. The third kappa shape index (κ3) is 8.84. The highest BCUT2D eigenvalue weighted by atomic mass is 16.7. The third-order valence-corrected chi connectivity index (χ3v) is 1.17. The summed E-state index contributed by atoms with van der Waals surface area (Å²) in [4.78, 5) is 26.3. The van der Waals surface area contributed by atoms with Crippen molar-refractivity contribution in [2.75, 3.05) is 13.2 Å². The van der Waals surface area contributed by atoms with E-state index in [0.717, 1.165) is 0 Å². The maximum atomic E-state index is 11.1. The Morgan fingerprint density at radius 2 is 2.00 bits per heavy atom. The van der Waals surface area contributed by atoms with Crippen molar-refractivity contribution in [3.63, 3.8) is 0 Å². The summed E-state index contributed by atoms with van der Waals surface area (Å²) in [6.45, 7) is 5.59. The minimum absolute atomic E-state index is 0.104. The summed E-state index contributed by atoms with van der Waals surface area (Å²) in [6.07, 6.45) is 4.23. The predicted octanol–water partition coefficient (Wildman–Crippen LogP) is 0.192. The van der Waals surface area contributed by atoms with Crippen molar-refractivity contribution in [2.24, 2.45) is 0 Å². The molecule has 0 unspecified atom stereocenters. The Balaban J connectivity index is 3.50. The predicted molar refractivity (Wildman–Crippen MR) is 57.2 cm³/mol.